The molecular weight excluding hydrogens is 322 g/mol. The molecule has 0 aliphatic carbocycles. The SMILES string of the molecule is COC(=O)c1ccc(O[C@@H](C)C(=O)c2[nH]c(C)c(C(C)=O)c2C)cc1. The number of ether oxygens (including phenoxy) is 2. The third-order valence-corrected chi connectivity index (χ3v) is 3.99. The van der Waals surface area contributed by atoms with Crippen LogP contribution in [0.3, 0.4) is 0 Å². The minimum absolute atomic E-state index is 0.0859. The van der Waals surface area contributed by atoms with Gasteiger partial charge in [0.25, 0.3) is 0 Å². The summed E-state index contributed by atoms with van der Waals surface area (Å²) in [6, 6.07) is 6.33. The molecule has 1 aromatic carbocycles. The Labute approximate surface area is 146 Å². The predicted molar refractivity (Wildman–Crippen MR) is 92.5 cm³/mol. The Kier molecular flexibility index (Phi) is 5.41. The first-order valence-electron chi connectivity index (χ1n) is 7.85. The molecule has 1 heterocycles. The number of esters is 1. The van der Waals surface area contributed by atoms with Gasteiger partial charge in [0.1, 0.15) is 5.75 Å². The van der Waals surface area contributed by atoms with Crippen LogP contribution in [-0.4, -0.2) is 35.7 Å². The van der Waals surface area contributed by atoms with E-state index in [4.69, 9.17) is 4.74 Å². The molecule has 0 saturated carbocycles. The Morgan fingerprint density at radius 3 is 2.16 bits per heavy atom. The van der Waals surface area contributed by atoms with Crippen molar-refractivity contribution >= 4 is 17.5 Å². The fourth-order valence-electron chi connectivity index (χ4n) is 2.77. The summed E-state index contributed by atoms with van der Waals surface area (Å²) in [5.41, 5.74) is 2.62. The summed E-state index contributed by atoms with van der Waals surface area (Å²) in [4.78, 5) is 38.7. The highest BCUT2D eigenvalue weighted by molar-refractivity contribution is 6.04. The van der Waals surface area contributed by atoms with Crippen LogP contribution in [0.15, 0.2) is 24.3 Å². The lowest BCUT2D eigenvalue weighted by Crippen LogP contribution is -2.25. The molecule has 6 nitrogen and oxygen atoms in total. The van der Waals surface area contributed by atoms with Crippen molar-refractivity contribution in [2.45, 2.75) is 33.8 Å². The Balaban J connectivity index is 2.17. The van der Waals surface area contributed by atoms with Gasteiger partial charge in [-0.15, -0.1) is 0 Å². The second-order valence-corrected chi connectivity index (χ2v) is 5.82. The molecule has 0 bridgehead atoms. The molecule has 0 saturated heterocycles. The normalized spacial score (nSPS) is 11.7. The van der Waals surface area contributed by atoms with Crippen molar-refractivity contribution in [2.24, 2.45) is 0 Å². The van der Waals surface area contributed by atoms with Crippen LogP contribution in [0.25, 0.3) is 0 Å². The maximum Gasteiger partial charge on any atom is 0.337 e. The van der Waals surface area contributed by atoms with Crippen LogP contribution in [0.4, 0.5) is 0 Å². The van der Waals surface area contributed by atoms with Gasteiger partial charge in [-0.3, -0.25) is 9.59 Å². The van der Waals surface area contributed by atoms with Crippen LogP contribution in [0.2, 0.25) is 0 Å². The van der Waals surface area contributed by atoms with Gasteiger partial charge in [-0.25, -0.2) is 4.79 Å². The van der Waals surface area contributed by atoms with Crippen molar-refractivity contribution in [3.05, 3.63) is 52.3 Å². The Bertz CT molecular complexity index is 817. The molecule has 1 atom stereocenters. The van der Waals surface area contributed by atoms with Gasteiger partial charge in [-0.05, 0) is 57.5 Å². The lowest BCUT2D eigenvalue weighted by Gasteiger charge is -2.14. The lowest BCUT2D eigenvalue weighted by molar-refractivity contribution is 0.0600. The van der Waals surface area contributed by atoms with E-state index in [0.717, 1.165) is 0 Å². The molecule has 1 N–H and O–H groups in total. The minimum atomic E-state index is -0.750. The summed E-state index contributed by atoms with van der Waals surface area (Å²) in [7, 11) is 1.31. The van der Waals surface area contributed by atoms with Crippen LogP contribution in [0.5, 0.6) is 5.75 Å². The predicted octanol–water partition coefficient (Wildman–Crippen LogP) is 3.27. The summed E-state index contributed by atoms with van der Waals surface area (Å²) in [6.07, 6.45) is -0.750. The van der Waals surface area contributed by atoms with Gasteiger partial charge in [-0.2, -0.15) is 0 Å². The summed E-state index contributed by atoms with van der Waals surface area (Å²) in [5, 5.41) is 0. The van der Waals surface area contributed by atoms with Gasteiger partial charge in [0, 0.05) is 11.3 Å². The number of aromatic amines is 1. The van der Waals surface area contributed by atoms with E-state index in [1.165, 1.54) is 14.0 Å². The Hall–Kier alpha value is -2.89. The van der Waals surface area contributed by atoms with Crippen LogP contribution in [0, 0.1) is 13.8 Å². The van der Waals surface area contributed by atoms with Crippen LogP contribution >= 0.6 is 0 Å². The van der Waals surface area contributed by atoms with Gasteiger partial charge < -0.3 is 14.5 Å². The quantitative estimate of drug-likeness (QED) is 0.643. The first-order valence-corrected chi connectivity index (χ1v) is 7.85. The number of carbonyl (C=O) groups is 3. The summed E-state index contributed by atoms with van der Waals surface area (Å²) in [6.45, 7) is 6.61. The van der Waals surface area contributed by atoms with Crippen molar-refractivity contribution in [3.8, 4) is 5.75 Å². The number of Topliss-reactive ketones (excluding diaryl/α,β-unsaturated/α-hetero) is 2. The molecule has 0 spiro atoms. The number of H-pyrrole nitrogens is 1. The van der Waals surface area contributed by atoms with Gasteiger partial charge in [-0.1, -0.05) is 0 Å². The second-order valence-electron chi connectivity index (χ2n) is 5.82. The van der Waals surface area contributed by atoms with Gasteiger partial charge in [0.15, 0.2) is 11.9 Å². The zero-order valence-electron chi connectivity index (χ0n) is 14.9. The smallest absolute Gasteiger partial charge is 0.337 e. The molecule has 0 amide bonds. The topological polar surface area (TPSA) is 85.5 Å². The molecule has 2 rings (SSSR count). The highest BCUT2D eigenvalue weighted by Gasteiger charge is 2.24. The van der Waals surface area contributed by atoms with E-state index < -0.39 is 12.1 Å². The van der Waals surface area contributed by atoms with Crippen molar-refractivity contribution in [1.82, 2.24) is 4.98 Å². The minimum Gasteiger partial charge on any atom is -0.483 e. The zero-order chi connectivity index (χ0) is 18.7. The van der Waals surface area contributed by atoms with E-state index >= 15 is 0 Å². The zero-order valence-corrected chi connectivity index (χ0v) is 14.9. The highest BCUT2D eigenvalue weighted by Crippen LogP contribution is 2.22. The first-order chi connectivity index (χ1) is 11.8. The second kappa shape index (κ2) is 7.34. The molecule has 0 fully saturated rings. The van der Waals surface area contributed by atoms with Crippen LogP contribution < -0.4 is 4.74 Å². The summed E-state index contributed by atoms with van der Waals surface area (Å²) in [5.74, 6) is -0.312. The number of nitrogens with one attached hydrogen (secondary N) is 1. The molecule has 0 aliphatic heterocycles. The van der Waals surface area contributed by atoms with E-state index in [0.29, 0.717) is 33.8 Å². The summed E-state index contributed by atoms with van der Waals surface area (Å²) < 4.78 is 10.3. The molecule has 6 heteroatoms. The molecule has 1 aromatic heterocycles. The van der Waals surface area contributed by atoms with E-state index in [1.54, 1.807) is 45.0 Å². The Morgan fingerprint density at radius 1 is 1.08 bits per heavy atom. The summed E-state index contributed by atoms with van der Waals surface area (Å²) >= 11 is 0. The third kappa shape index (κ3) is 3.79. The largest absolute Gasteiger partial charge is 0.483 e. The molecule has 25 heavy (non-hydrogen) atoms. The molecule has 132 valence electrons. The molecule has 0 radical (unpaired) electrons. The number of benzene rings is 1. The number of methoxy groups -OCH3 is 1. The van der Waals surface area contributed by atoms with Crippen LogP contribution in [0.1, 0.15) is 56.3 Å². The molecular formula is C19H21NO5. The number of aryl methyl sites for hydroxylation is 1. The molecule has 2 aromatic rings. The van der Waals surface area contributed by atoms with E-state index in [2.05, 4.69) is 9.72 Å². The van der Waals surface area contributed by atoms with E-state index in [-0.39, 0.29) is 11.6 Å². The number of rotatable bonds is 6. The fourth-order valence-corrected chi connectivity index (χ4v) is 2.77. The van der Waals surface area contributed by atoms with Gasteiger partial charge in [0.05, 0.1) is 18.4 Å². The highest BCUT2D eigenvalue weighted by atomic mass is 16.5. The number of carbonyl (C=O) groups excluding carboxylic acids is 3. The van der Waals surface area contributed by atoms with Crippen molar-refractivity contribution in [2.75, 3.05) is 7.11 Å². The van der Waals surface area contributed by atoms with E-state index in [9.17, 15) is 14.4 Å². The lowest BCUT2D eigenvalue weighted by atomic mass is 10.0. The number of ketones is 2. The average Bonchev–Trinajstić information content (AvgIpc) is 2.88. The van der Waals surface area contributed by atoms with E-state index in [1.807, 2.05) is 0 Å². The number of hydrogen-bond acceptors (Lipinski definition) is 5. The standard InChI is InChI=1S/C19H21NO5/c1-10-16(12(3)21)11(2)20-17(10)18(22)13(4)25-15-8-6-14(7-9-15)19(23)24-5/h6-9,13,20H,1-5H3/t13-/m0/s1. The average molecular weight is 343 g/mol. The van der Waals surface area contributed by atoms with Gasteiger partial charge >= 0.3 is 5.97 Å². The van der Waals surface area contributed by atoms with Gasteiger partial charge in [0.2, 0.25) is 5.78 Å². The maximum atomic E-state index is 12.6. The number of hydrogen-bond donors (Lipinski definition) is 1. The van der Waals surface area contributed by atoms with Crippen molar-refractivity contribution in [3.63, 3.8) is 0 Å². The fraction of sp³-hybridized carbons (Fsp3) is 0.316. The number of aromatic nitrogens is 1. The van der Waals surface area contributed by atoms with Crippen LogP contribution in [-0.2, 0) is 4.74 Å². The Morgan fingerprint density at radius 2 is 1.68 bits per heavy atom. The van der Waals surface area contributed by atoms with Crippen molar-refractivity contribution in [1.29, 1.82) is 0 Å². The molecule has 0 aliphatic rings. The maximum absolute atomic E-state index is 12.6. The van der Waals surface area contributed by atoms with Crippen molar-refractivity contribution < 1.29 is 23.9 Å². The third-order valence-electron chi connectivity index (χ3n) is 3.99. The monoisotopic (exact) mass is 343 g/mol. The first kappa shape index (κ1) is 18.4. The molecule has 0 unspecified atom stereocenters.